The molecule has 3 aromatic rings. The first kappa shape index (κ1) is 12.8. The molecule has 1 unspecified atom stereocenters. The monoisotopic (exact) mass is 355 g/mol. The van der Waals surface area contributed by atoms with Crippen LogP contribution in [0.25, 0.3) is 11.0 Å². The van der Waals surface area contributed by atoms with Crippen molar-refractivity contribution < 1.29 is 4.21 Å². The fraction of sp³-hybridized carbons (Fsp3) is 0.0833. The number of H-pyrrole nitrogens is 1. The molecule has 0 bridgehead atoms. The largest absolute Gasteiger partial charge is 0.399 e. The predicted octanol–water partition coefficient (Wildman–Crippen LogP) is 3.28. The first-order chi connectivity index (χ1) is 9.11. The molecule has 3 rings (SSSR count). The van der Waals surface area contributed by atoms with Crippen LogP contribution in [0.2, 0.25) is 0 Å². The molecule has 1 aromatic carbocycles. The second-order valence-electron chi connectivity index (χ2n) is 4.01. The van der Waals surface area contributed by atoms with Gasteiger partial charge in [0.25, 0.3) is 0 Å². The fourth-order valence-corrected chi connectivity index (χ4v) is 4.49. The third-order valence-electron chi connectivity index (χ3n) is 2.60. The minimum atomic E-state index is -1.18. The Morgan fingerprint density at radius 2 is 2.21 bits per heavy atom. The number of aromatic amines is 1. The molecule has 0 saturated heterocycles. The van der Waals surface area contributed by atoms with Crippen LogP contribution in [0.3, 0.4) is 0 Å². The molecule has 19 heavy (non-hydrogen) atoms. The van der Waals surface area contributed by atoms with Crippen LogP contribution in [0.1, 0.15) is 4.88 Å². The lowest BCUT2D eigenvalue weighted by Gasteiger charge is -1.94. The number of hydrogen-bond acceptors (Lipinski definition) is 4. The number of anilines is 1. The van der Waals surface area contributed by atoms with Crippen molar-refractivity contribution in [1.29, 1.82) is 0 Å². The minimum absolute atomic E-state index is 0.464. The average molecular weight is 356 g/mol. The van der Waals surface area contributed by atoms with Crippen LogP contribution < -0.4 is 5.73 Å². The van der Waals surface area contributed by atoms with Gasteiger partial charge in [-0.15, -0.1) is 11.3 Å². The standard InChI is InChI=1S/C12H10BrN3OS2/c13-11-4-2-8(18-11)6-19(17)12-15-9-3-1-7(14)5-10(9)16-12/h1-5H,6,14H2,(H,15,16). The summed E-state index contributed by atoms with van der Waals surface area (Å²) in [4.78, 5) is 8.46. The highest BCUT2D eigenvalue weighted by molar-refractivity contribution is 9.11. The van der Waals surface area contributed by atoms with Crippen LogP contribution in [-0.4, -0.2) is 14.2 Å². The van der Waals surface area contributed by atoms with Gasteiger partial charge < -0.3 is 10.7 Å². The molecule has 7 heteroatoms. The molecule has 0 fully saturated rings. The van der Waals surface area contributed by atoms with Gasteiger partial charge in [-0.3, -0.25) is 4.21 Å². The van der Waals surface area contributed by atoms with Gasteiger partial charge in [0.1, 0.15) is 0 Å². The number of thiophene rings is 1. The Morgan fingerprint density at radius 1 is 1.37 bits per heavy atom. The third kappa shape index (κ3) is 2.72. The molecule has 3 N–H and O–H groups in total. The van der Waals surface area contributed by atoms with Crippen molar-refractivity contribution in [1.82, 2.24) is 9.97 Å². The number of nitrogens with zero attached hydrogens (tertiary/aromatic N) is 1. The van der Waals surface area contributed by atoms with E-state index < -0.39 is 10.8 Å². The van der Waals surface area contributed by atoms with Crippen molar-refractivity contribution in [2.24, 2.45) is 0 Å². The summed E-state index contributed by atoms with van der Waals surface area (Å²) in [6.07, 6.45) is 0. The quantitative estimate of drug-likeness (QED) is 0.708. The van der Waals surface area contributed by atoms with Crippen LogP contribution in [0.5, 0.6) is 0 Å². The lowest BCUT2D eigenvalue weighted by Crippen LogP contribution is -1.96. The number of hydrogen-bond donors (Lipinski definition) is 2. The normalized spacial score (nSPS) is 12.9. The van der Waals surface area contributed by atoms with E-state index in [1.54, 1.807) is 23.5 Å². The lowest BCUT2D eigenvalue weighted by molar-refractivity contribution is 0.677. The van der Waals surface area contributed by atoms with Gasteiger partial charge in [-0.05, 0) is 46.3 Å². The summed E-state index contributed by atoms with van der Waals surface area (Å²) in [6, 6.07) is 9.32. The van der Waals surface area contributed by atoms with E-state index in [0.717, 1.165) is 19.7 Å². The number of benzene rings is 1. The van der Waals surface area contributed by atoms with Gasteiger partial charge in [0.15, 0.2) is 5.16 Å². The molecule has 4 nitrogen and oxygen atoms in total. The van der Waals surface area contributed by atoms with E-state index in [2.05, 4.69) is 25.9 Å². The molecule has 0 saturated carbocycles. The molecular formula is C12H10BrN3OS2. The third-order valence-corrected chi connectivity index (χ3v) is 5.61. The summed E-state index contributed by atoms with van der Waals surface area (Å²) < 4.78 is 13.3. The molecule has 0 amide bonds. The Hall–Kier alpha value is -1.18. The Kier molecular flexibility index (Phi) is 3.42. The first-order valence-corrected chi connectivity index (χ1v) is 8.42. The minimum Gasteiger partial charge on any atom is -0.399 e. The highest BCUT2D eigenvalue weighted by Crippen LogP contribution is 2.25. The second-order valence-corrected chi connectivity index (χ2v) is 7.93. The van der Waals surface area contributed by atoms with Crippen molar-refractivity contribution >= 4 is 54.8 Å². The number of nitrogens with one attached hydrogen (secondary N) is 1. The SMILES string of the molecule is Nc1ccc2nc(S(=O)Cc3ccc(Br)s3)[nH]c2c1. The molecule has 98 valence electrons. The van der Waals surface area contributed by atoms with Crippen LogP contribution in [0.15, 0.2) is 39.3 Å². The van der Waals surface area contributed by atoms with E-state index in [1.807, 2.05) is 18.2 Å². The van der Waals surface area contributed by atoms with Gasteiger partial charge in [0.05, 0.1) is 31.4 Å². The van der Waals surface area contributed by atoms with E-state index in [4.69, 9.17) is 5.73 Å². The summed E-state index contributed by atoms with van der Waals surface area (Å²) >= 11 is 4.98. The number of imidazole rings is 1. The van der Waals surface area contributed by atoms with Gasteiger partial charge in [-0.2, -0.15) is 0 Å². The number of rotatable bonds is 3. The molecule has 2 aromatic heterocycles. The van der Waals surface area contributed by atoms with E-state index in [0.29, 0.717) is 16.6 Å². The van der Waals surface area contributed by atoms with Crippen LogP contribution in [-0.2, 0) is 16.6 Å². The van der Waals surface area contributed by atoms with Gasteiger partial charge in [0.2, 0.25) is 0 Å². The molecule has 1 atom stereocenters. The number of nitrogens with two attached hydrogens (primary N) is 1. The molecule has 0 aliphatic heterocycles. The van der Waals surface area contributed by atoms with Crippen LogP contribution in [0, 0.1) is 0 Å². The molecule has 0 aliphatic rings. The summed E-state index contributed by atoms with van der Waals surface area (Å²) in [5.41, 5.74) is 7.97. The van der Waals surface area contributed by atoms with Crippen LogP contribution in [0.4, 0.5) is 5.69 Å². The molecule has 0 spiro atoms. The topological polar surface area (TPSA) is 71.8 Å². The smallest absolute Gasteiger partial charge is 0.197 e. The van der Waals surface area contributed by atoms with E-state index >= 15 is 0 Å². The van der Waals surface area contributed by atoms with Gasteiger partial charge in [-0.1, -0.05) is 0 Å². The molecular weight excluding hydrogens is 346 g/mol. The van der Waals surface area contributed by atoms with Crippen molar-refractivity contribution in [2.75, 3.05) is 5.73 Å². The zero-order valence-electron chi connectivity index (χ0n) is 9.72. The van der Waals surface area contributed by atoms with Gasteiger partial charge >= 0.3 is 0 Å². The predicted molar refractivity (Wildman–Crippen MR) is 82.6 cm³/mol. The summed E-state index contributed by atoms with van der Waals surface area (Å²) in [7, 11) is -1.18. The second kappa shape index (κ2) is 5.07. The maximum Gasteiger partial charge on any atom is 0.197 e. The number of fused-ring (bicyclic) bond motifs is 1. The van der Waals surface area contributed by atoms with E-state index in [-0.39, 0.29) is 0 Å². The molecule has 2 heterocycles. The summed E-state index contributed by atoms with van der Waals surface area (Å²) in [5.74, 6) is 0.464. The lowest BCUT2D eigenvalue weighted by atomic mass is 10.3. The van der Waals surface area contributed by atoms with Crippen molar-refractivity contribution in [3.05, 3.63) is 39.0 Å². The Bertz CT molecular complexity index is 765. The maximum absolute atomic E-state index is 12.3. The summed E-state index contributed by atoms with van der Waals surface area (Å²) in [6.45, 7) is 0. The van der Waals surface area contributed by atoms with E-state index in [1.165, 1.54) is 0 Å². The Morgan fingerprint density at radius 3 is 2.95 bits per heavy atom. The summed E-state index contributed by atoms with van der Waals surface area (Å²) in [5, 5.41) is 0.491. The number of halogens is 1. The van der Waals surface area contributed by atoms with Crippen LogP contribution >= 0.6 is 27.3 Å². The Balaban J connectivity index is 1.89. The molecule has 0 aliphatic carbocycles. The fourth-order valence-electron chi connectivity index (χ4n) is 1.74. The highest BCUT2D eigenvalue weighted by atomic mass is 79.9. The Labute approximate surface area is 124 Å². The van der Waals surface area contributed by atoms with Crippen molar-refractivity contribution in [3.63, 3.8) is 0 Å². The zero-order valence-corrected chi connectivity index (χ0v) is 12.9. The van der Waals surface area contributed by atoms with E-state index in [9.17, 15) is 4.21 Å². The highest BCUT2D eigenvalue weighted by Gasteiger charge is 2.12. The van der Waals surface area contributed by atoms with Gasteiger partial charge in [-0.25, -0.2) is 4.98 Å². The number of aromatic nitrogens is 2. The maximum atomic E-state index is 12.3. The molecule has 0 radical (unpaired) electrons. The zero-order chi connectivity index (χ0) is 13.4. The van der Waals surface area contributed by atoms with Crippen molar-refractivity contribution in [3.8, 4) is 0 Å². The van der Waals surface area contributed by atoms with Gasteiger partial charge in [0, 0.05) is 10.6 Å². The number of nitrogen functional groups attached to an aromatic ring is 1. The average Bonchev–Trinajstić information content (AvgIpc) is 2.95. The first-order valence-electron chi connectivity index (χ1n) is 5.49. The van der Waals surface area contributed by atoms with Crippen molar-refractivity contribution in [2.45, 2.75) is 10.9 Å².